The summed E-state index contributed by atoms with van der Waals surface area (Å²) < 4.78 is 37.3. The van der Waals surface area contributed by atoms with Crippen molar-refractivity contribution in [3.05, 3.63) is 35.4 Å². The predicted molar refractivity (Wildman–Crippen MR) is 69.2 cm³/mol. The Bertz CT molecular complexity index is 433. The second kappa shape index (κ2) is 5.74. The number of halogens is 3. The van der Waals surface area contributed by atoms with E-state index < -0.39 is 23.4 Å². The highest BCUT2D eigenvalue weighted by molar-refractivity contribution is 5.25. The van der Waals surface area contributed by atoms with E-state index in [-0.39, 0.29) is 6.42 Å². The summed E-state index contributed by atoms with van der Waals surface area (Å²) in [7, 11) is 0. The van der Waals surface area contributed by atoms with E-state index in [2.05, 4.69) is 0 Å². The highest BCUT2D eigenvalue weighted by Crippen LogP contribution is 2.33. The number of hydrogen-bond donors (Lipinski definition) is 2. The first-order valence-electron chi connectivity index (χ1n) is 6.88. The summed E-state index contributed by atoms with van der Waals surface area (Å²) in [5.74, 6) is 0. The molecule has 112 valence electrons. The third-order valence-electron chi connectivity index (χ3n) is 4.05. The molecule has 0 amide bonds. The summed E-state index contributed by atoms with van der Waals surface area (Å²) in [6, 6.07) is 4.73. The quantitative estimate of drug-likeness (QED) is 0.896. The van der Waals surface area contributed by atoms with E-state index >= 15 is 0 Å². The zero-order valence-corrected chi connectivity index (χ0v) is 11.2. The SMILES string of the molecule is OC(Cc1ccc(C(F)(F)F)cc1)C1(O)CCCCC1. The fraction of sp³-hybridized carbons (Fsp3) is 0.600. The van der Waals surface area contributed by atoms with Crippen LogP contribution in [0.5, 0.6) is 0 Å². The van der Waals surface area contributed by atoms with Gasteiger partial charge in [-0.1, -0.05) is 31.4 Å². The van der Waals surface area contributed by atoms with Crippen LogP contribution in [0.1, 0.15) is 43.2 Å². The first-order chi connectivity index (χ1) is 9.31. The number of alkyl halides is 3. The molecule has 2 rings (SSSR count). The van der Waals surface area contributed by atoms with Crippen molar-refractivity contribution in [1.29, 1.82) is 0 Å². The molecule has 0 radical (unpaired) electrons. The molecule has 1 aromatic rings. The van der Waals surface area contributed by atoms with Crippen molar-refractivity contribution in [3.8, 4) is 0 Å². The second-order valence-corrected chi connectivity index (χ2v) is 5.58. The van der Waals surface area contributed by atoms with Crippen LogP contribution in [-0.2, 0) is 12.6 Å². The maximum absolute atomic E-state index is 12.4. The summed E-state index contributed by atoms with van der Waals surface area (Å²) >= 11 is 0. The fourth-order valence-corrected chi connectivity index (χ4v) is 2.74. The van der Waals surface area contributed by atoms with Crippen LogP contribution >= 0.6 is 0 Å². The number of hydrogen-bond acceptors (Lipinski definition) is 2. The molecule has 1 unspecified atom stereocenters. The van der Waals surface area contributed by atoms with Gasteiger partial charge >= 0.3 is 6.18 Å². The van der Waals surface area contributed by atoms with Crippen LogP contribution in [-0.4, -0.2) is 21.9 Å². The fourth-order valence-electron chi connectivity index (χ4n) is 2.74. The summed E-state index contributed by atoms with van der Waals surface area (Å²) in [6.07, 6.45) is -1.20. The molecule has 1 saturated carbocycles. The Kier molecular flexibility index (Phi) is 4.39. The smallest absolute Gasteiger partial charge is 0.390 e. The van der Waals surface area contributed by atoms with Gasteiger partial charge in [0.1, 0.15) is 0 Å². The largest absolute Gasteiger partial charge is 0.416 e. The van der Waals surface area contributed by atoms with Crippen molar-refractivity contribution in [2.75, 3.05) is 0 Å². The Balaban J connectivity index is 2.02. The summed E-state index contributed by atoms with van der Waals surface area (Å²) in [6.45, 7) is 0. The minimum Gasteiger partial charge on any atom is -0.390 e. The van der Waals surface area contributed by atoms with Crippen molar-refractivity contribution in [2.24, 2.45) is 0 Å². The molecule has 1 aromatic carbocycles. The van der Waals surface area contributed by atoms with Gasteiger partial charge in [-0.05, 0) is 30.5 Å². The van der Waals surface area contributed by atoms with E-state index in [4.69, 9.17) is 0 Å². The van der Waals surface area contributed by atoms with Crippen LogP contribution in [0.2, 0.25) is 0 Å². The Morgan fingerprint density at radius 3 is 2.10 bits per heavy atom. The maximum atomic E-state index is 12.4. The van der Waals surface area contributed by atoms with E-state index in [1.807, 2.05) is 0 Å². The van der Waals surface area contributed by atoms with Gasteiger partial charge in [0.05, 0.1) is 17.3 Å². The van der Waals surface area contributed by atoms with E-state index in [0.717, 1.165) is 31.4 Å². The highest BCUT2D eigenvalue weighted by atomic mass is 19.4. The van der Waals surface area contributed by atoms with E-state index in [0.29, 0.717) is 18.4 Å². The van der Waals surface area contributed by atoms with Gasteiger partial charge in [-0.25, -0.2) is 0 Å². The number of benzene rings is 1. The lowest BCUT2D eigenvalue weighted by Gasteiger charge is -2.36. The molecule has 1 aliphatic carbocycles. The lowest BCUT2D eigenvalue weighted by atomic mass is 9.79. The number of aliphatic hydroxyl groups excluding tert-OH is 1. The van der Waals surface area contributed by atoms with Crippen molar-refractivity contribution in [3.63, 3.8) is 0 Å². The van der Waals surface area contributed by atoms with Gasteiger partial charge in [0.15, 0.2) is 0 Å². The predicted octanol–water partition coefficient (Wildman–Crippen LogP) is 3.30. The minimum absolute atomic E-state index is 0.175. The summed E-state index contributed by atoms with van der Waals surface area (Å²) in [5, 5.41) is 20.5. The molecule has 0 spiro atoms. The third-order valence-corrected chi connectivity index (χ3v) is 4.05. The molecular weight excluding hydrogens is 269 g/mol. The van der Waals surface area contributed by atoms with Gasteiger partial charge in [-0.2, -0.15) is 13.2 Å². The molecule has 2 nitrogen and oxygen atoms in total. The first-order valence-corrected chi connectivity index (χ1v) is 6.88. The van der Waals surface area contributed by atoms with E-state index in [9.17, 15) is 23.4 Å². The molecule has 0 heterocycles. The molecule has 0 saturated heterocycles. The topological polar surface area (TPSA) is 40.5 Å². The van der Waals surface area contributed by atoms with Gasteiger partial charge < -0.3 is 10.2 Å². The van der Waals surface area contributed by atoms with E-state index in [1.165, 1.54) is 12.1 Å². The standard InChI is InChI=1S/C15H19F3O2/c16-15(17,18)12-6-4-11(5-7-12)10-13(19)14(20)8-2-1-3-9-14/h4-7,13,19-20H,1-3,8-10H2. The molecule has 0 aromatic heterocycles. The lowest BCUT2D eigenvalue weighted by Crippen LogP contribution is -2.45. The minimum atomic E-state index is -4.35. The van der Waals surface area contributed by atoms with Crippen LogP contribution in [0.3, 0.4) is 0 Å². The molecule has 1 atom stereocenters. The molecule has 20 heavy (non-hydrogen) atoms. The van der Waals surface area contributed by atoms with E-state index in [1.54, 1.807) is 0 Å². The van der Waals surface area contributed by atoms with Gasteiger partial charge in [-0.15, -0.1) is 0 Å². The second-order valence-electron chi connectivity index (χ2n) is 5.58. The van der Waals surface area contributed by atoms with Crippen molar-refractivity contribution < 1.29 is 23.4 Å². The zero-order chi connectivity index (χ0) is 14.8. The number of rotatable bonds is 3. The van der Waals surface area contributed by atoms with Crippen LogP contribution in [0, 0.1) is 0 Å². The molecule has 2 N–H and O–H groups in total. The summed E-state index contributed by atoms with van der Waals surface area (Å²) in [5.41, 5.74) is -1.20. The molecule has 5 heteroatoms. The highest BCUT2D eigenvalue weighted by Gasteiger charge is 2.36. The van der Waals surface area contributed by atoms with Gasteiger partial charge in [0.25, 0.3) is 0 Å². The molecule has 1 fully saturated rings. The molecule has 0 bridgehead atoms. The zero-order valence-electron chi connectivity index (χ0n) is 11.2. The van der Waals surface area contributed by atoms with Crippen LogP contribution in [0.25, 0.3) is 0 Å². The Morgan fingerprint density at radius 1 is 1.05 bits per heavy atom. The van der Waals surface area contributed by atoms with Gasteiger partial charge in [0.2, 0.25) is 0 Å². The van der Waals surface area contributed by atoms with Crippen LogP contribution in [0.15, 0.2) is 24.3 Å². The van der Waals surface area contributed by atoms with Crippen molar-refractivity contribution >= 4 is 0 Å². The molecule has 0 aliphatic heterocycles. The Labute approximate surface area is 116 Å². The average molecular weight is 288 g/mol. The monoisotopic (exact) mass is 288 g/mol. The lowest BCUT2D eigenvalue weighted by molar-refractivity contribution is -0.137. The average Bonchev–Trinajstić information content (AvgIpc) is 2.39. The molecule has 1 aliphatic rings. The summed E-state index contributed by atoms with van der Waals surface area (Å²) in [4.78, 5) is 0. The maximum Gasteiger partial charge on any atom is 0.416 e. The molecular formula is C15H19F3O2. The Morgan fingerprint density at radius 2 is 1.60 bits per heavy atom. The normalized spacial score (nSPS) is 20.6. The van der Waals surface area contributed by atoms with Crippen molar-refractivity contribution in [2.45, 2.75) is 56.4 Å². The van der Waals surface area contributed by atoms with Crippen molar-refractivity contribution in [1.82, 2.24) is 0 Å². The van der Waals surface area contributed by atoms with Crippen LogP contribution in [0.4, 0.5) is 13.2 Å². The Hall–Kier alpha value is -1.07. The third kappa shape index (κ3) is 3.52. The number of aliphatic hydroxyl groups is 2. The van der Waals surface area contributed by atoms with Crippen LogP contribution < -0.4 is 0 Å². The van der Waals surface area contributed by atoms with Gasteiger partial charge in [0, 0.05) is 6.42 Å². The van der Waals surface area contributed by atoms with Gasteiger partial charge in [-0.3, -0.25) is 0 Å². The first kappa shape index (κ1) is 15.3.